The Morgan fingerprint density at radius 1 is 1.19 bits per heavy atom. The van der Waals surface area contributed by atoms with Gasteiger partial charge in [0.05, 0.1) is 0 Å². The first-order chi connectivity index (χ1) is 7.64. The van der Waals surface area contributed by atoms with Crippen molar-refractivity contribution < 1.29 is 9.53 Å². The Labute approximate surface area is 100 Å². The fourth-order valence-electron chi connectivity index (χ4n) is 1.93. The summed E-state index contributed by atoms with van der Waals surface area (Å²) in [5, 5.41) is 0. The predicted octanol–water partition coefficient (Wildman–Crippen LogP) is 4.24. The predicted molar refractivity (Wildman–Crippen MR) is 68.4 cm³/mol. The average Bonchev–Trinajstić information content (AvgIpc) is 2.33. The Bertz CT molecular complexity index is 205. The first-order valence-corrected chi connectivity index (χ1v) is 6.49. The number of hydrogen-bond acceptors (Lipinski definition) is 2. The quantitative estimate of drug-likeness (QED) is 0.334. The minimum absolute atomic E-state index is 0.265. The van der Waals surface area contributed by atoms with Crippen LogP contribution in [-0.4, -0.2) is 11.6 Å². The molecule has 0 aromatic rings. The number of unbranched alkanes of at least 4 members (excludes halogenated alkanes) is 3. The molecule has 0 heterocycles. The summed E-state index contributed by atoms with van der Waals surface area (Å²) in [5.41, 5.74) is -0.265. The zero-order valence-electron chi connectivity index (χ0n) is 11.1. The molecule has 0 aliphatic rings. The highest BCUT2D eigenvalue weighted by Gasteiger charge is 2.28. The first-order valence-electron chi connectivity index (χ1n) is 6.49. The maximum atomic E-state index is 11.3. The van der Waals surface area contributed by atoms with Crippen molar-refractivity contribution in [3.05, 3.63) is 12.7 Å². The number of hydrogen-bond donors (Lipinski definition) is 0. The molecule has 0 saturated heterocycles. The maximum absolute atomic E-state index is 11.3. The molecule has 0 atom stereocenters. The molecule has 0 amide bonds. The summed E-state index contributed by atoms with van der Waals surface area (Å²) in [6, 6.07) is 0. The zero-order chi connectivity index (χ0) is 12.4. The third-order valence-corrected chi connectivity index (χ3v) is 3.26. The van der Waals surface area contributed by atoms with Crippen LogP contribution >= 0.6 is 0 Å². The largest absolute Gasteiger partial charge is 0.456 e. The van der Waals surface area contributed by atoms with Crippen LogP contribution in [0.25, 0.3) is 0 Å². The van der Waals surface area contributed by atoms with Gasteiger partial charge in [-0.1, -0.05) is 46.6 Å². The van der Waals surface area contributed by atoms with E-state index in [0.717, 1.165) is 25.7 Å². The van der Waals surface area contributed by atoms with Crippen LogP contribution in [0.4, 0.5) is 0 Å². The van der Waals surface area contributed by atoms with Crippen molar-refractivity contribution in [3.8, 4) is 0 Å². The lowest BCUT2D eigenvalue weighted by atomic mass is 9.90. The van der Waals surface area contributed by atoms with Crippen molar-refractivity contribution in [2.75, 3.05) is 0 Å². The highest BCUT2D eigenvalue weighted by atomic mass is 16.6. The van der Waals surface area contributed by atoms with Crippen LogP contribution in [0.15, 0.2) is 12.7 Å². The van der Waals surface area contributed by atoms with Gasteiger partial charge in [-0.05, 0) is 25.7 Å². The topological polar surface area (TPSA) is 26.3 Å². The molecule has 0 bridgehead atoms. The van der Waals surface area contributed by atoms with Gasteiger partial charge in [0.25, 0.3) is 0 Å². The molecule has 0 radical (unpaired) electrons. The maximum Gasteiger partial charge on any atom is 0.330 e. The summed E-state index contributed by atoms with van der Waals surface area (Å²) in [5.74, 6) is -0.292. The molecule has 2 nitrogen and oxygen atoms in total. The van der Waals surface area contributed by atoms with E-state index in [9.17, 15) is 4.79 Å². The number of esters is 1. The van der Waals surface area contributed by atoms with Crippen LogP contribution in [0.1, 0.15) is 65.7 Å². The molecule has 0 aromatic heterocycles. The lowest BCUT2D eigenvalue weighted by Gasteiger charge is -2.31. The van der Waals surface area contributed by atoms with E-state index in [1.165, 1.54) is 25.3 Å². The van der Waals surface area contributed by atoms with E-state index in [-0.39, 0.29) is 11.6 Å². The number of ether oxygens (including phenoxy) is 1. The van der Waals surface area contributed by atoms with Gasteiger partial charge in [0.1, 0.15) is 5.60 Å². The molecular weight excluding hydrogens is 200 g/mol. The van der Waals surface area contributed by atoms with E-state index in [2.05, 4.69) is 27.4 Å². The van der Waals surface area contributed by atoms with Crippen LogP contribution in [-0.2, 0) is 9.53 Å². The summed E-state index contributed by atoms with van der Waals surface area (Å²) in [6.07, 6.45) is 8.86. The number of rotatable bonds is 9. The van der Waals surface area contributed by atoms with Crippen molar-refractivity contribution in [2.45, 2.75) is 71.3 Å². The molecule has 16 heavy (non-hydrogen) atoms. The first kappa shape index (κ1) is 15.2. The highest BCUT2D eigenvalue weighted by molar-refractivity contribution is 5.81. The molecule has 0 saturated carbocycles. The summed E-state index contributed by atoms with van der Waals surface area (Å²) < 4.78 is 5.51. The Balaban J connectivity index is 4.20. The fraction of sp³-hybridized carbons (Fsp3) is 0.786. The zero-order valence-corrected chi connectivity index (χ0v) is 11.1. The SMILES string of the molecule is C=CC(=O)OC(CC)(CC)CCCCCC. The Kier molecular flexibility index (Phi) is 7.96. The lowest BCUT2D eigenvalue weighted by molar-refractivity contribution is -0.155. The van der Waals surface area contributed by atoms with Gasteiger partial charge in [0.2, 0.25) is 0 Å². The van der Waals surface area contributed by atoms with E-state index >= 15 is 0 Å². The van der Waals surface area contributed by atoms with Crippen LogP contribution < -0.4 is 0 Å². The number of carbonyl (C=O) groups is 1. The molecule has 94 valence electrons. The molecule has 0 spiro atoms. The molecule has 0 aromatic carbocycles. The van der Waals surface area contributed by atoms with Gasteiger partial charge in [-0.2, -0.15) is 0 Å². The van der Waals surface area contributed by atoms with E-state index in [1.54, 1.807) is 0 Å². The van der Waals surface area contributed by atoms with E-state index in [1.807, 2.05) is 0 Å². The van der Waals surface area contributed by atoms with Gasteiger partial charge in [-0.3, -0.25) is 0 Å². The summed E-state index contributed by atoms with van der Waals surface area (Å²) in [6.45, 7) is 9.81. The second-order valence-corrected chi connectivity index (χ2v) is 4.33. The molecular formula is C14H26O2. The monoisotopic (exact) mass is 226 g/mol. The second-order valence-electron chi connectivity index (χ2n) is 4.33. The van der Waals surface area contributed by atoms with Gasteiger partial charge in [-0.25, -0.2) is 4.79 Å². The van der Waals surface area contributed by atoms with Crippen LogP contribution in [0.5, 0.6) is 0 Å². The Hall–Kier alpha value is -0.790. The normalized spacial score (nSPS) is 11.2. The third kappa shape index (κ3) is 5.34. The van der Waals surface area contributed by atoms with Gasteiger partial charge in [-0.15, -0.1) is 0 Å². The number of carbonyl (C=O) groups excluding carboxylic acids is 1. The Morgan fingerprint density at radius 3 is 2.25 bits per heavy atom. The molecule has 0 unspecified atom stereocenters. The van der Waals surface area contributed by atoms with Gasteiger partial charge in [0.15, 0.2) is 0 Å². The molecule has 0 aliphatic carbocycles. The standard InChI is InChI=1S/C14H26O2/c1-5-9-10-11-12-14(7-3,8-4)16-13(15)6-2/h6H,2,5,7-12H2,1,3-4H3. The smallest absolute Gasteiger partial charge is 0.330 e. The second kappa shape index (κ2) is 8.37. The van der Waals surface area contributed by atoms with Crippen molar-refractivity contribution in [3.63, 3.8) is 0 Å². The summed E-state index contributed by atoms with van der Waals surface area (Å²) >= 11 is 0. The van der Waals surface area contributed by atoms with Crippen LogP contribution in [0.2, 0.25) is 0 Å². The minimum atomic E-state index is -0.292. The van der Waals surface area contributed by atoms with E-state index in [4.69, 9.17) is 4.74 Å². The van der Waals surface area contributed by atoms with Crippen molar-refractivity contribution in [1.29, 1.82) is 0 Å². The fourth-order valence-corrected chi connectivity index (χ4v) is 1.93. The molecule has 0 N–H and O–H groups in total. The van der Waals surface area contributed by atoms with Gasteiger partial charge < -0.3 is 4.74 Å². The summed E-state index contributed by atoms with van der Waals surface area (Å²) in [7, 11) is 0. The highest BCUT2D eigenvalue weighted by Crippen LogP contribution is 2.27. The molecule has 0 aliphatic heterocycles. The average molecular weight is 226 g/mol. The Morgan fingerprint density at radius 2 is 1.81 bits per heavy atom. The lowest BCUT2D eigenvalue weighted by Crippen LogP contribution is -2.33. The summed E-state index contributed by atoms with van der Waals surface area (Å²) in [4.78, 5) is 11.3. The van der Waals surface area contributed by atoms with Gasteiger partial charge in [0, 0.05) is 6.08 Å². The third-order valence-electron chi connectivity index (χ3n) is 3.26. The van der Waals surface area contributed by atoms with Crippen molar-refractivity contribution in [2.24, 2.45) is 0 Å². The van der Waals surface area contributed by atoms with Crippen molar-refractivity contribution in [1.82, 2.24) is 0 Å². The molecule has 0 fully saturated rings. The minimum Gasteiger partial charge on any atom is -0.456 e. The molecule has 2 heteroatoms. The van der Waals surface area contributed by atoms with E-state index < -0.39 is 0 Å². The van der Waals surface area contributed by atoms with E-state index in [0.29, 0.717) is 0 Å². The van der Waals surface area contributed by atoms with Crippen LogP contribution in [0.3, 0.4) is 0 Å². The van der Waals surface area contributed by atoms with Crippen molar-refractivity contribution >= 4 is 5.97 Å². The van der Waals surface area contributed by atoms with Crippen LogP contribution in [0, 0.1) is 0 Å². The molecule has 0 rings (SSSR count). The van der Waals surface area contributed by atoms with Gasteiger partial charge >= 0.3 is 5.97 Å².